The molecule has 0 atom stereocenters. The van der Waals surface area contributed by atoms with Gasteiger partial charge in [-0.1, -0.05) is 54.6 Å². The van der Waals surface area contributed by atoms with E-state index < -0.39 is 22.5 Å². The van der Waals surface area contributed by atoms with Gasteiger partial charge in [0, 0.05) is 6.54 Å². The average Bonchev–Trinajstić information content (AvgIpc) is 2.82. The molecule has 1 N–H and O–H groups in total. The van der Waals surface area contributed by atoms with Crippen molar-refractivity contribution in [1.29, 1.82) is 0 Å². The van der Waals surface area contributed by atoms with Crippen molar-refractivity contribution in [2.75, 3.05) is 18.0 Å². The number of benzene rings is 3. The topological polar surface area (TPSA) is 75.7 Å². The van der Waals surface area contributed by atoms with E-state index >= 15 is 0 Å². The fourth-order valence-corrected chi connectivity index (χ4v) is 4.28. The zero-order chi connectivity index (χ0) is 23.8. The number of para-hydroxylation sites is 2. The number of anilines is 1. The molecule has 0 bridgehead atoms. The number of nitrogens with one attached hydrogen (secondary N) is 1. The molecule has 3 rings (SSSR count). The van der Waals surface area contributed by atoms with E-state index in [2.05, 4.69) is 5.32 Å². The first-order valence-corrected chi connectivity index (χ1v) is 11.7. The minimum atomic E-state index is -4.04. The highest BCUT2D eigenvalue weighted by Crippen LogP contribution is 2.30. The van der Waals surface area contributed by atoms with Crippen LogP contribution in [0.15, 0.2) is 78.2 Å². The molecule has 0 aromatic heterocycles. The van der Waals surface area contributed by atoms with Crippen molar-refractivity contribution >= 4 is 27.7 Å². The summed E-state index contributed by atoms with van der Waals surface area (Å²) in [6.07, 6.45) is 1.46. The van der Waals surface area contributed by atoms with Crippen LogP contribution in [0.2, 0.25) is 0 Å². The number of carbonyl (C=O) groups excluding carboxylic acids is 1. The second-order valence-corrected chi connectivity index (χ2v) is 9.04. The van der Waals surface area contributed by atoms with Crippen molar-refractivity contribution in [3.8, 4) is 5.75 Å². The molecule has 33 heavy (non-hydrogen) atoms. The molecule has 0 saturated carbocycles. The fourth-order valence-electron chi connectivity index (χ4n) is 3.08. The first kappa shape index (κ1) is 24.0. The van der Waals surface area contributed by atoms with Crippen molar-refractivity contribution in [3.63, 3.8) is 0 Å². The number of amides is 1. The lowest BCUT2D eigenvalue weighted by molar-refractivity contribution is -0.119. The number of hydrogen-bond donors (Lipinski definition) is 1. The van der Waals surface area contributed by atoms with E-state index in [9.17, 15) is 17.6 Å². The second kappa shape index (κ2) is 10.8. The Bertz CT molecular complexity index is 1240. The summed E-state index contributed by atoms with van der Waals surface area (Å²) < 4.78 is 46.5. The van der Waals surface area contributed by atoms with E-state index in [1.165, 1.54) is 19.3 Å². The van der Waals surface area contributed by atoms with Crippen molar-refractivity contribution < 1.29 is 22.3 Å². The van der Waals surface area contributed by atoms with Gasteiger partial charge in [-0.15, -0.1) is 0 Å². The van der Waals surface area contributed by atoms with Gasteiger partial charge in [0.05, 0.1) is 18.2 Å². The minimum absolute atomic E-state index is 0.0652. The van der Waals surface area contributed by atoms with Crippen molar-refractivity contribution in [2.24, 2.45) is 0 Å². The first-order valence-electron chi connectivity index (χ1n) is 10.2. The van der Waals surface area contributed by atoms with Crippen LogP contribution in [-0.4, -0.2) is 28.0 Å². The molecular formula is C25H25FN2O4S. The molecule has 0 radical (unpaired) electrons. The molecule has 0 aliphatic carbocycles. The third-order valence-corrected chi connectivity index (χ3v) is 6.33. The van der Waals surface area contributed by atoms with Crippen LogP contribution in [0, 0.1) is 12.7 Å². The van der Waals surface area contributed by atoms with Gasteiger partial charge in [0.25, 0.3) is 10.0 Å². The predicted molar refractivity (Wildman–Crippen MR) is 128 cm³/mol. The molecule has 0 aliphatic heterocycles. The summed E-state index contributed by atoms with van der Waals surface area (Å²) in [5.41, 5.74) is 2.01. The van der Waals surface area contributed by atoms with E-state index in [1.54, 1.807) is 67.6 Å². The van der Waals surface area contributed by atoms with Gasteiger partial charge in [-0.05, 0) is 47.9 Å². The third-order valence-electron chi connectivity index (χ3n) is 4.91. The van der Waals surface area contributed by atoms with Crippen LogP contribution in [-0.2, 0) is 21.4 Å². The SMILES string of the molecule is COc1ccccc1N(CC(=O)NCc1ccc(C)c(F)c1)S(=O)(=O)C=Cc1ccccc1. The lowest BCUT2D eigenvalue weighted by atomic mass is 10.1. The molecule has 0 unspecified atom stereocenters. The maximum Gasteiger partial charge on any atom is 0.258 e. The van der Waals surface area contributed by atoms with Crippen LogP contribution in [0.5, 0.6) is 5.75 Å². The van der Waals surface area contributed by atoms with Gasteiger partial charge in [0.2, 0.25) is 5.91 Å². The van der Waals surface area contributed by atoms with Crippen LogP contribution in [0.3, 0.4) is 0 Å². The Morgan fingerprint density at radius 2 is 1.76 bits per heavy atom. The second-order valence-electron chi connectivity index (χ2n) is 7.30. The lowest BCUT2D eigenvalue weighted by Crippen LogP contribution is -2.40. The summed E-state index contributed by atoms with van der Waals surface area (Å²) in [5, 5.41) is 3.71. The summed E-state index contributed by atoms with van der Waals surface area (Å²) in [6.45, 7) is 1.24. The summed E-state index contributed by atoms with van der Waals surface area (Å²) in [5.74, 6) is -0.604. The number of hydrogen-bond acceptors (Lipinski definition) is 4. The van der Waals surface area contributed by atoms with E-state index in [4.69, 9.17) is 4.74 Å². The Hall–Kier alpha value is -3.65. The summed E-state index contributed by atoms with van der Waals surface area (Å²) in [7, 11) is -2.62. The number of methoxy groups -OCH3 is 1. The van der Waals surface area contributed by atoms with Gasteiger partial charge in [-0.2, -0.15) is 0 Å². The Kier molecular flexibility index (Phi) is 7.84. The average molecular weight is 469 g/mol. The van der Waals surface area contributed by atoms with Crippen molar-refractivity contribution in [2.45, 2.75) is 13.5 Å². The van der Waals surface area contributed by atoms with Crippen LogP contribution in [0.1, 0.15) is 16.7 Å². The van der Waals surface area contributed by atoms with Crippen LogP contribution in [0.4, 0.5) is 10.1 Å². The Morgan fingerprint density at radius 1 is 1.06 bits per heavy atom. The van der Waals surface area contributed by atoms with Crippen molar-refractivity contribution in [1.82, 2.24) is 5.32 Å². The van der Waals surface area contributed by atoms with Crippen LogP contribution < -0.4 is 14.4 Å². The number of ether oxygens (including phenoxy) is 1. The van der Waals surface area contributed by atoms with Gasteiger partial charge in [-0.25, -0.2) is 12.8 Å². The molecule has 0 heterocycles. The molecular weight excluding hydrogens is 443 g/mol. The molecule has 8 heteroatoms. The van der Waals surface area contributed by atoms with Gasteiger partial charge < -0.3 is 10.1 Å². The highest BCUT2D eigenvalue weighted by Gasteiger charge is 2.25. The highest BCUT2D eigenvalue weighted by atomic mass is 32.2. The molecule has 0 fully saturated rings. The van der Waals surface area contributed by atoms with Crippen LogP contribution >= 0.6 is 0 Å². The van der Waals surface area contributed by atoms with E-state index in [1.807, 2.05) is 6.07 Å². The monoisotopic (exact) mass is 468 g/mol. The van der Waals surface area contributed by atoms with Crippen molar-refractivity contribution in [3.05, 3.63) is 101 Å². The molecule has 0 aliphatic rings. The maximum absolute atomic E-state index is 13.8. The maximum atomic E-state index is 13.8. The third kappa shape index (κ3) is 6.43. The Morgan fingerprint density at radius 3 is 2.45 bits per heavy atom. The summed E-state index contributed by atoms with van der Waals surface area (Å²) >= 11 is 0. The van der Waals surface area contributed by atoms with E-state index in [0.29, 0.717) is 22.4 Å². The number of sulfonamides is 1. The quantitative estimate of drug-likeness (QED) is 0.509. The number of nitrogens with zero attached hydrogens (tertiary/aromatic N) is 1. The predicted octanol–water partition coefficient (Wildman–Crippen LogP) is 4.27. The largest absolute Gasteiger partial charge is 0.495 e. The highest BCUT2D eigenvalue weighted by molar-refractivity contribution is 7.95. The molecule has 3 aromatic rings. The molecule has 0 spiro atoms. The van der Waals surface area contributed by atoms with E-state index in [-0.39, 0.29) is 18.0 Å². The zero-order valence-corrected chi connectivity index (χ0v) is 19.2. The minimum Gasteiger partial charge on any atom is -0.495 e. The Labute approximate surface area is 193 Å². The van der Waals surface area contributed by atoms with Gasteiger partial charge in [0.15, 0.2) is 0 Å². The van der Waals surface area contributed by atoms with Gasteiger partial charge in [-0.3, -0.25) is 9.10 Å². The molecule has 3 aromatic carbocycles. The first-order chi connectivity index (χ1) is 15.8. The number of rotatable bonds is 9. The van der Waals surface area contributed by atoms with Crippen LogP contribution in [0.25, 0.3) is 6.08 Å². The number of aryl methyl sites for hydroxylation is 1. The molecule has 0 saturated heterocycles. The smallest absolute Gasteiger partial charge is 0.258 e. The molecule has 6 nitrogen and oxygen atoms in total. The molecule has 1 amide bonds. The van der Waals surface area contributed by atoms with Gasteiger partial charge in [0.1, 0.15) is 18.1 Å². The Balaban J connectivity index is 1.84. The number of carbonyl (C=O) groups is 1. The van der Waals surface area contributed by atoms with E-state index in [0.717, 1.165) is 9.71 Å². The lowest BCUT2D eigenvalue weighted by Gasteiger charge is -2.24. The zero-order valence-electron chi connectivity index (χ0n) is 18.4. The number of halogens is 1. The summed E-state index contributed by atoms with van der Waals surface area (Å²) in [6, 6.07) is 20.2. The molecule has 172 valence electrons. The summed E-state index contributed by atoms with van der Waals surface area (Å²) in [4.78, 5) is 12.7. The normalized spacial score (nSPS) is 11.4. The standard InChI is InChI=1S/C25H25FN2O4S/c1-19-12-13-21(16-22(19)26)17-27-25(29)18-28(23-10-6-7-11-24(23)32-2)33(30,31)15-14-20-8-4-3-5-9-20/h3-16H,17-18H2,1-2H3,(H,27,29). The fraction of sp³-hybridized carbons (Fsp3) is 0.160. The van der Waals surface area contributed by atoms with Gasteiger partial charge >= 0.3 is 0 Å².